The van der Waals surface area contributed by atoms with Gasteiger partial charge in [0.2, 0.25) is 0 Å². The highest BCUT2D eigenvalue weighted by atomic mass is 16.7. The van der Waals surface area contributed by atoms with Crippen molar-refractivity contribution in [2.45, 2.75) is 124 Å². The molecule has 1 heterocycles. The topological polar surface area (TPSA) is 135 Å². The van der Waals surface area contributed by atoms with Crippen molar-refractivity contribution >= 4 is 25.3 Å². The molecule has 0 spiro atoms. The van der Waals surface area contributed by atoms with Crippen LogP contribution < -0.4 is 11.1 Å². The zero-order valence-corrected chi connectivity index (χ0v) is 26.6. The van der Waals surface area contributed by atoms with Crippen molar-refractivity contribution in [3.05, 3.63) is 35.9 Å². The van der Waals surface area contributed by atoms with Gasteiger partial charge in [0, 0.05) is 6.54 Å². The van der Waals surface area contributed by atoms with Crippen molar-refractivity contribution in [2.75, 3.05) is 6.54 Å². The number of carbonyl (C=O) groups is 3. The highest BCUT2D eigenvalue weighted by Gasteiger charge is 2.50. The summed E-state index contributed by atoms with van der Waals surface area (Å²) >= 11 is 0. The van der Waals surface area contributed by atoms with Gasteiger partial charge >= 0.3 is 25.3 Å². The van der Waals surface area contributed by atoms with Crippen molar-refractivity contribution in [2.24, 2.45) is 11.7 Å². The molecule has 1 aromatic rings. The Hall–Kier alpha value is -2.79. The number of primary amides is 1. The van der Waals surface area contributed by atoms with Gasteiger partial charge in [0.1, 0.15) is 17.8 Å². The smallest absolute Gasteiger partial charge is 0.457 e. The van der Waals surface area contributed by atoms with E-state index in [0.29, 0.717) is 6.54 Å². The van der Waals surface area contributed by atoms with E-state index in [1.165, 1.54) is 0 Å². The van der Waals surface area contributed by atoms with E-state index in [1.807, 2.05) is 99.6 Å². The van der Waals surface area contributed by atoms with Gasteiger partial charge in [-0.1, -0.05) is 36.8 Å². The summed E-state index contributed by atoms with van der Waals surface area (Å²) in [5.74, 6) is -0.330. The molecule has 232 valence electrons. The molecular formula is C30H51BN2O8. The summed E-state index contributed by atoms with van der Waals surface area (Å²) < 4.78 is 27.4. The van der Waals surface area contributed by atoms with E-state index in [9.17, 15) is 14.4 Å². The van der Waals surface area contributed by atoms with Crippen LogP contribution in [0.25, 0.3) is 0 Å². The monoisotopic (exact) mass is 578 g/mol. The molecule has 1 atom stereocenters. The van der Waals surface area contributed by atoms with E-state index in [2.05, 4.69) is 10.1 Å². The molecule has 0 bridgehead atoms. The molecule has 3 N–H and O–H groups in total. The molecule has 10 nitrogen and oxygen atoms in total. The summed E-state index contributed by atoms with van der Waals surface area (Å²) in [5, 5.41) is 2.78. The third-order valence-electron chi connectivity index (χ3n) is 6.39. The standard InChI is InChI=1S/C22H42BNO6.C8H9NO2/c1-19(2,3)27-17(25)14-16(15-24-18(26)28-20(4,5)6)12-11-13-23-29-21(7,8)22(9,10)30-23;9-8(10)11-6-7-4-2-1-3-5-7/h16H,11-15H2,1-10H3,(H,24,26);1-5H,6H2,(H2,9,10). The molecule has 1 unspecified atom stereocenters. The van der Waals surface area contributed by atoms with E-state index >= 15 is 0 Å². The molecule has 0 aliphatic carbocycles. The zero-order valence-electron chi connectivity index (χ0n) is 26.6. The van der Waals surface area contributed by atoms with Crippen LogP contribution in [-0.4, -0.2) is 54.2 Å². The van der Waals surface area contributed by atoms with Crippen LogP contribution in [0.4, 0.5) is 9.59 Å². The second-order valence-corrected chi connectivity index (χ2v) is 13.2. The van der Waals surface area contributed by atoms with Crippen molar-refractivity contribution in [3.8, 4) is 0 Å². The molecule has 0 aromatic heterocycles. The molecule has 1 saturated heterocycles. The molecule has 1 aliphatic heterocycles. The SMILES string of the molecule is CC(C)(C)OC(=O)CC(CCCB1OC(C)(C)C(C)(C)O1)CNC(=O)OC(C)(C)C.NC(=O)OCc1ccccc1. The number of nitrogens with two attached hydrogens (primary N) is 1. The van der Waals surface area contributed by atoms with Crippen molar-refractivity contribution in [1.29, 1.82) is 0 Å². The summed E-state index contributed by atoms with van der Waals surface area (Å²) in [6, 6.07) is 9.37. The molecule has 11 heteroatoms. The average Bonchev–Trinajstić information content (AvgIpc) is 3.00. The largest absolute Gasteiger partial charge is 0.460 e. The van der Waals surface area contributed by atoms with Crippen LogP contribution in [0.2, 0.25) is 6.32 Å². The van der Waals surface area contributed by atoms with Crippen LogP contribution in [0.1, 0.15) is 94.1 Å². The van der Waals surface area contributed by atoms with Crippen LogP contribution >= 0.6 is 0 Å². The van der Waals surface area contributed by atoms with Gasteiger partial charge in [-0.15, -0.1) is 0 Å². The summed E-state index contributed by atoms with van der Waals surface area (Å²) in [7, 11) is -0.268. The second kappa shape index (κ2) is 15.4. The average molecular weight is 579 g/mol. The second-order valence-electron chi connectivity index (χ2n) is 13.2. The van der Waals surface area contributed by atoms with Crippen LogP contribution in [0.3, 0.4) is 0 Å². The molecule has 0 radical (unpaired) electrons. The fourth-order valence-corrected chi connectivity index (χ4v) is 3.82. The van der Waals surface area contributed by atoms with Gasteiger partial charge in [-0.2, -0.15) is 0 Å². The number of hydrogen-bond donors (Lipinski definition) is 2. The van der Waals surface area contributed by atoms with Gasteiger partial charge in [0.15, 0.2) is 0 Å². The van der Waals surface area contributed by atoms with Crippen molar-refractivity contribution in [1.82, 2.24) is 5.32 Å². The lowest BCUT2D eigenvalue weighted by atomic mass is 9.80. The first-order valence-corrected chi connectivity index (χ1v) is 14.2. The van der Waals surface area contributed by atoms with Crippen molar-refractivity contribution < 1.29 is 37.9 Å². The maximum absolute atomic E-state index is 12.3. The predicted molar refractivity (Wildman–Crippen MR) is 159 cm³/mol. The molecule has 1 aromatic carbocycles. The first kappa shape index (κ1) is 36.2. The fourth-order valence-electron chi connectivity index (χ4n) is 3.82. The van der Waals surface area contributed by atoms with E-state index in [-0.39, 0.29) is 43.2 Å². The van der Waals surface area contributed by atoms with Crippen LogP contribution in [0, 0.1) is 5.92 Å². The first-order chi connectivity index (χ1) is 18.7. The predicted octanol–water partition coefficient (Wildman–Crippen LogP) is 6.01. The number of amides is 2. The number of carbonyl (C=O) groups excluding carboxylic acids is 3. The Morgan fingerprint density at radius 1 is 0.927 bits per heavy atom. The Labute approximate surface area is 246 Å². The van der Waals surface area contributed by atoms with E-state index in [4.69, 9.17) is 24.5 Å². The lowest BCUT2D eigenvalue weighted by Crippen LogP contribution is -2.41. The molecule has 2 rings (SSSR count). The van der Waals surface area contributed by atoms with E-state index in [1.54, 1.807) is 0 Å². The van der Waals surface area contributed by atoms with E-state index in [0.717, 1.165) is 24.7 Å². The van der Waals surface area contributed by atoms with Crippen LogP contribution in [-0.2, 0) is 34.9 Å². The van der Waals surface area contributed by atoms with Gasteiger partial charge in [-0.25, -0.2) is 9.59 Å². The Bertz CT molecular complexity index is 955. The van der Waals surface area contributed by atoms with Gasteiger partial charge in [-0.3, -0.25) is 4.79 Å². The summed E-state index contributed by atoms with van der Waals surface area (Å²) in [6.07, 6.45) is 1.27. The molecule has 1 aliphatic rings. The molecule has 0 saturated carbocycles. The fraction of sp³-hybridized carbons (Fsp3) is 0.700. The van der Waals surface area contributed by atoms with Crippen molar-refractivity contribution in [3.63, 3.8) is 0 Å². The normalized spacial score (nSPS) is 16.6. The van der Waals surface area contributed by atoms with Gasteiger partial charge in [0.05, 0.1) is 17.6 Å². The van der Waals surface area contributed by atoms with Crippen LogP contribution in [0.5, 0.6) is 0 Å². The number of ether oxygens (including phenoxy) is 3. The minimum atomic E-state index is -0.742. The molecule has 41 heavy (non-hydrogen) atoms. The summed E-state index contributed by atoms with van der Waals surface area (Å²) in [4.78, 5) is 34.5. The highest BCUT2D eigenvalue weighted by Crippen LogP contribution is 2.38. The molecular weight excluding hydrogens is 527 g/mol. The minimum Gasteiger partial charge on any atom is -0.460 e. The number of rotatable bonds is 10. The number of alkyl carbamates (subject to hydrolysis) is 1. The Morgan fingerprint density at radius 3 is 1.95 bits per heavy atom. The third kappa shape index (κ3) is 15.7. The molecule has 1 fully saturated rings. The first-order valence-electron chi connectivity index (χ1n) is 14.2. The highest BCUT2D eigenvalue weighted by molar-refractivity contribution is 6.45. The van der Waals surface area contributed by atoms with E-state index < -0.39 is 23.4 Å². The summed E-state index contributed by atoms with van der Waals surface area (Å²) in [5.41, 5.74) is 3.90. The van der Waals surface area contributed by atoms with Crippen LogP contribution in [0.15, 0.2) is 30.3 Å². The van der Waals surface area contributed by atoms with Gasteiger partial charge < -0.3 is 34.6 Å². The number of hydrogen-bond acceptors (Lipinski definition) is 8. The van der Waals surface area contributed by atoms with Gasteiger partial charge in [0.25, 0.3) is 0 Å². The Balaban J connectivity index is 0.000000634. The maximum atomic E-state index is 12.3. The molecule has 2 amide bonds. The number of benzene rings is 1. The minimum absolute atomic E-state index is 0.0604. The maximum Gasteiger partial charge on any atom is 0.457 e. The quantitative estimate of drug-likeness (QED) is 0.196. The number of esters is 1. The third-order valence-corrected chi connectivity index (χ3v) is 6.39. The van der Waals surface area contributed by atoms with Gasteiger partial charge in [-0.05, 0) is 93.5 Å². The Kier molecular flexibility index (Phi) is 13.7. The summed E-state index contributed by atoms with van der Waals surface area (Å²) in [6.45, 7) is 19.7. The number of nitrogens with one attached hydrogen (secondary N) is 1. The zero-order chi connectivity index (χ0) is 31.5. The lowest BCUT2D eigenvalue weighted by molar-refractivity contribution is -0.156. The Morgan fingerprint density at radius 2 is 1.46 bits per heavy atom. The lowest BCUT2D eigenvalue weighted by Gasteiger charge is -2.32.